The quantitative estimate of drug-likeness (QED) is 0.825. The fourth-order valence-corrected chi connectivity index (χ4v) is 3.40. The number of fused-ring (bicyclic) bond motifs is 4. The van der Waals surface area contributed by atoms with Crippen molar-refractivity contribution in [3.8, 4) is 0 Å². The van der Waals surface area contributed by atoms with E-state index in [0.29, 0.717) is 12.0 Å². The van der Waals surface area contributed by atoms with Gasteiger partial charge in [-0.3, -0.25) is 9.88 Å². The summed E-state index contributed by atoms with van der Waals surface area (Å²) in [7, 11) is 1.47. The number of methoxy groups -OCH3 is 1. The molecule has 0 radical (unpaired) electrons. The SMILES string of the molecule is COC(=O)N1C[C@@H]2CC[C@H]1CN(Cc1ccncc1)C2. The summed E-state index contributed by atoms with van der Waals surface area (Å²) >= 11 is 0. The first-order valence-electron chi connectivity index (χ1n) is 7.22. The Balaban J connectivity index is 1.70. The Kier molecular flexibility index (Phi) is 3.87. The molecule has 2 bridgehead atoms. The Labute approximate surface area is 119 Å². The lowest BCUT2D eigenvalue weighted by Crippen LogP contribution is -2.47. The van der Waals surface area contributed by atoms with Crippen molar-refractivity contribution in [2.24, 2.45) is 5.92 Å². The van der Waals surface area contributed by atoms with Gasteiger partial charge in [0.05, 0.1) is 7.11 Å². The monoisotopic (exact) mass is 275 g/mol. The van der Waals surface area contributed by atoms with Gasteiger partial charge in [-0.05, 0) is 36.5 Å². The average molecular weight is 275 g/mol. The third kappa shape index (κ3) is 2.77. The number of pyridine rings is 1. The van der Waals surface area contributed by atoms with Crippen molar-refractivity contribution in [3.63, 3.8) is 0 Å². The molecule has 1 aromatic rings. The largest absolute Gasteiger partial charge is 0.453 e. The molecule has 3 saturated heterocycles. The number of amides is 1. The number of ether oxygens (including phenoxy) is 1. The third-order valence-electron chi connectivity index (χ3n) is 4.35. The van der Waals surface area contributed by atoms with Gasteiger partial charge in [-0.15, -0.1) is 0 Å². The van der Waals surface area contributed by atoms with Crippen LogP contribution in [-0.4, -0.2) is 53.7 Å². The van der Waals surface area contributed by atoms with Gasteiger partial charge in [-0.25, -0.2) is 4.79 Å². The van der Waals surface area contributed by atoms with Gasteiger partial charge in [-0.1, -0.05) is 0 Å². The van der Waals surface area contributed by atoms with Crippen molar-refractivity contribution >= 4 is 6.09 Å². The molecule has 20 heavy (non-hydrogen) atoms. The van der Waals surface area contributed by atoms with Gasteiger partial charge >= 0.3 is 6.09 Å². The van der Waals surface area contributed by atoms with Gasteiger partial charge in [0.25, 0.3) is 0 Å². The fourth-order valence-electron chi connectivity index (χ4n) is 3.40. The summed E-state index contributed by atoms with van der Waals surface area (Å²) in [6.45, 7) is 3.77. The van der Waals surface area contributed by atoms with Crippen LogP contribution in [0.5, 0.6) is 0 Å². The zero-order valence-corrected chi connectivity index (χ0v) is 11.9. The van der Waals surface area contributed by atoms with Crippen molar-refractivity contribution < 1.29 is 9.53 Å². The smallest absolute Gasteiger partial charge is 0.409 e. The van der Waals surface area contributed by atoms with Crippen molar-refractivity contribution in [3.05, 3.63) is 30.1 Å². The standard InChI is InChI=1S/C15H21N3O2/c1-20-15(19)18-10-13-2-3-14(18)11-17(9-13)8-12-4-6-16-7-5-12/h4-7,13-14H,2-3,8-11H2,1H3/t13-,14+/m1/s1. The van der Waals surface area contributed by atoms with Gasteiger partial charge in [-0.2, -0.15) is 0 Å². The van der Waals surface area contributed by atoms with Gasteiger partial charge in [0.15, 0.2) is 0 Å². The zero-order valence-electron chi connectivity index (χ0n) is 11.9. The maximum atomic E-state index is 11.9. The third-order valence-corrected chi connectivity index (χ3v) is 4.35. The molecule has 4 rings (SSSR count). The number of hydrogen-bond acceptors (Lipinski definition) is 4. The summed E-state index contributed by atoms with van der Waals surface area (Å²) in [5.74, 6) is 0.565. The van der Waals surface area contributed by atoms with Crippen LogP contribution in [0.15, 0.2) is 24.5 Å². The first-order chi connectivity index (χ1) is 9.76. The van der Waals surface area contributed by atoms with Crippen LogP contribution in [0.1, 0.15) is 18.4 Å². The van der Waals surface area contributed by atoms with E-state index in [4.69, 9.17) is 4.74 Å². The summed E-state index contributed by atoms with van der Waals surface area (Å²) in [6.07, 6.45) is 5.80. The molecule has 2 atom stereocenters. The molecule has 3 fully saturated rings. The van der Waals surface area contributed by atoms with E-state index < -0.39 is 0 Å². The molecule has 0 saturated carbocycles. The Morgan fingerprint density at radius 3 is 2.85 bits per heavy atom. The van der Waals surface area contributed by atoms with Crippen LogP contribution in [0.2, 0.25) is 0 Å². The highest BCUT2D eigenvalue weighted by molar-refractivity contribution is 5.68. The number of rotatable bonds is 2. The second-order valence-corrected chi connectivity index (χ2v) is 5.77. The van der Waals surface area contributed by atoms with E-state index in [0.717, 1.165) is 32.6 Å². The normalized spacial score (nSPS) is 26.4. The van der Waals surface area contributed by atoms with Crippen molar-refractivity contribution in [1.29, 1.82) is 0 Å². The minimum atomic E-state index is -0.175. The van der Waals surface area contributed by atoms with Gasteiger partial charge in [0, 0.05) is 44.6 Å². The van der Waals surface area contributed by atoms with E-state index in [-0.39, 0.29) is 6.09 Å². The molecule has 1 amide bonds. The first-order valence-corrected chi connectivity index (χ1v) is 7.22. The molecular formula is C15H21N3O2. The highest BCUT2D eigenvalue weighted by atomic mass is 16.5. The molecule has 0 N–H and O–H groups in total. The fraction of sp³-hybridized carbons (Fsp3) is 0.600. The minimum absolute atomic E-state index is 0.175. The number of hydrogen-bond donors (Lipinski definition) is 0. The second-order valence-electron chi connectivity index (χ2n) is 5.77. The lowest BCUT2D eigenvalue weighted by Gasteiger charge is -2.34. The Morgan fingerprint density at radius 2 is 2.10 bits per heavy atom. The van der Waals surface area contributed by atoms with Crippen molar-refractivity contribution in [2.75, 3.05) is 26.7 Å². The Bertz CT molecular complexity index is 465. The van der Waals surface area contributed by atoms with E-state index in [9.17, 15) is 4.79 Å². The molecule has 0 unspecified atom stereocenters. The number of aromatic nitrogens is 1. The molecule has 4 heterocycles. The van der Waals surface area contributed by atoms with E-state index >= 15 is 0 Å². The lowest BCUT2D eigenvalue weighted by molar-refractivity contribution is 0.0833. The number of carbonyl (C=O) groups excluding carboxylic acids is 1. The van der Waals surface area contributed by atoms with Crippen LogP contribution in [-0.2, 0) is 11.3 Å². The summed E-state index contributed by atoms with van der Waals surface area (Å²) < 4.78 is 4.91. The molecule has 3 aliphatic rings. The minimum Gasteiger partial charge on any atom is -0.453 e. The maximum absolute atomic E-state index is 11.9. The van der Waals surface area contributed by atoms with Gasteiger partial charge < -0.3 is 9.64 Å². The van der Waals surface area contributed by atoms with Crippen LogP contribution >= 0.6 is 0 Å². The number of carbonyl (C=O) groups is 1. The molecule has 1 aromatic heterocycles. The molecular weight excluding hydrogens is 254 g/mol. The van der Waals surface area contributed by atoms with Crippen LogP contribution in [0.4, 0.5) is 4.79 Å². The predicted molar refractivity (Wildman–Crippen MR) is 75.1 cm³/mol. The van der Waals surface area contributed by atoms with Crippen LogP contribution in [0.25, 0.3) is 0 Å². The molecule has 0 aromatic carbocycles. The highest BCUT2D eigenvalue weighted by Gasteiger charge is 2.37. The van der Waals surface area contributed by atoms with Crippen LogP contribution < -0.4 is 0 Å². The summed E-state index contributed by atoms with van der Waals surface area (Å²) in [4.78, 5) is 20.3. The van der Waals surface area contributed by atoms with E-state index in [2.05, 4.69) is 22.0 Å². The highest BCUT2D eigenvalue weighted by Crippen LogP contribution is 2.29. The second kappa shape index (κ2) is 5.79. The van der Waals surface area contributed by atoms with Gasteiger partial charge in [0.2, 0.25) is 0 Å². The summed E-state index contributed by atoms with van der Waals surface area (Å²) in [6, 6.07) is 4.42. The van der Waals surface area contributed by atoms with Crippen molar-refractivity contribution in [2.45, 2.75) is 25.4 Å². The van der Waals surface area contributed by atoms with Crippen LogP contribution in [0.3, 0.4) is 0 Å². The molecule has 0 aliphatic carbocycles. The molecule has 0 spiro atoms. The lowest BCUT2D eigenvalue weighted by atomic mass is 9.95. The average Bonchev–Trinajstić information content (AvgIpc) is 2.77. The van der Waals surface area contributed by atoms with Crippen molar-refractivity contribution in [1.82, 2.24) is 14.8 Å². The Morgan fingerprint density at radius 1 is 1.30 bits per heavy atom. The maximum Gasteiger partial charge on any atom is 0.409 e. The molecule has 108 valence electrons. The predicted octanol–water partition coefficient (Wildman–Crippen LogP) is 1.74. The number of nitrogens with zero attached hydrogens (tertiary/aromatic N) is 3. The molecule has 3 aliphatic heterocycles. The summed E-state index contributed by atoms with van der Waals surface area (Å²) in [5.41, 5.74) is 1.28. The summed E-state index contributed by atoms with van der Waals surface area (Å²) in [5, 5.41) is 0. The topological polar surface area (TPSA) is 45.7 Å². The Hall–Kier alpha value is -1.62. The van der Waals surface area contributed by atoms with E-state index in [1.165, 1.54) is 19.1 Å². The molecule has 5 heteroatoms. The number of piperidine rings is 1. The van der Waals surface area contributed by atoms with E-state index in [1.807, 2.05) is 17.3 Å². The zero-order chi connectivity index (χ0) is 13.9. The van der Waals surface area contributed by atoms with Gasteiger partial charge in [0.1, 0.15) is 0 Å². The van der Waals surface area contributed by atoms with Crippen LogP contribution in [0, 0.1) is 5.92 Å². The first kappa shape index (κ1) is 13.4. The molecule has 5 nitrogen and oxygen atoms in total. The van der Waals surface area contributed by atoms with E-state index in [1.54, 1.807) is 0 Å².